The van der Waals surface area contributed by atoms with E-state index in [9.17, 15) is 9.59 Å². The van der Waals surface area contributed by atoms with Gasteiger partial charge in [-0.2, -0.15) is 0 Å². The van der Waals surface area contributed by atoms with E-state index < -0.39 is 0 Å². The molecule has 0 radical (unpaired) electrons. The zero-order chi connectivity index (χ0) is 16.0. The van der Waals surface area contributed by atoms with Gasteiger partial charge >= 0.3 is 0 Å². The van der Waals surface area contributed by atoms with E-state index >= 15 is 0 Å². The minimum atomic E-state index is 0.134. The van der Waals surface area contributed by atoms with Gasteiger partial charge in [-0.25, -0.2) is 0 Å². The van der Waals surface area contributed by atoms with Crippen molar-refractivity contribution in [3.8, 4) is 0 Å². The topological polar surface area (TPSA) is 40.6 Å². The molecule has 2 aliphatic carbocycles. The lowest BCUT2D eigenvalue weighted by atomic mass is 10.1. The maximum atomic E-state index is 12.7. The largest absolute Gasteiger partial charge is 0.339 e. The Morgan fingerprint density at radius 1 is 1.00 bits per heavy atom. The predicted molar refractivity (Wildman–Crippen MR) is 90.9 cm³/mol. The van der Waals surface area contributed by atoms with Gasteiger partial charge in [-0.1, -0.05) is 28.1 Å². The van der Waals surface area contributed by atoms with E-state index in [1.54, 1.807) is 0 Å². The van der Waals surface area contributed by atoms with Crippen molar-refractivity contribution < 1.29 is 9.59 Å². The fraction of sp³-hybridized carbons (Fsp3) is 0.556. The first-order valence-electron chi connectivity index (χ1n) is 8.46. The smallest absolute Gasteiger partial charge is 0.226 e. The first-order chi connectivity index (χ1) is 11.1. The number of carbonyl (C=O) groups excluding carboxylic acids is 2. The van der Waals surface area contributed by atoms with E-state index in [1.165, 1.54) is 5.56 Å². The molecule has 1 heterocycles. The lowest BCUT2D eigenvalue weighted by Crippen LogP contribution is -2.51. The maximum absolute atomic E-state index is 12.7. The normalized spacial score (nSPS) is 27.0. The molecular weight excluding hydrogens is 356 g/mol. The van der Waals surface area contributed by atoms with Crippen molar-refractivity contribution in [1.29, 1.82) is 0 Å². The molecule has 0 spiro atoms. The summed E-state index contributed by atoms with van der Waals surface area (Å²) in [7, 11) is 0. The van der Waals surface area contributed by atoms with Gasteiger partial charge < -0.3 is 9.80 Å². The van der Waals surface area contributed by atoms with Gasteiger partial charge in [0.1, 0.15) is 0 Å². The number of piperazine rings is 1. The van der Waals surface area contributed by atoms with Crippen molar-refractivity contribution >= 4 is 27.7 Å². The van der Waals surface area contributed by atoms with Crippen molar-refractivity contribution in [3.05, 3.63) is 34.3 Å². The van der Waals surface area contributed by atoms with Gasteiger partial charge in [0.05, 0.1) is 0 Å². The molecule has 2 saturated carbocycles. The number of nitrogens with zero attached hydrogens (tertiary/aromatic N) is 2. The van der Waals surface area contributed by atoms with Gasteiger partial charge in [0, 0.05) is 42.5 Å². The lowest BCUT2D eigenvalue weighted by Gasteiger charge is -2.35. The van der Waals surface area contributed by atoms with E-state index in [2.05, 4.69) is 28.1 Å². The van der Waals surface area contributed by atoms with Crippen LogP contribution in [0.1, 0.15) is 30.7 Å². The first-order valence-corrected chi connectivity index (χ1v) is 9.26. The highest BCUT2D eigenvalue weighted by atomic mass is 79.9. The zero-order valence-corrected chi connectivity index (χ0v) is 14.7. The van der Waals surface area contributed by atoms with Crippen LogP contribution in [0.15, 0.2) is 28.7 Å². The summed E-state index contributed by atoms with van der Waals surface area (Å²) < 4.78 is 1.07. The van der Waals surface area contributed by atoms with E-state index in [0.29, 0.717) is 38.0 Å². The highest BCUT2D eigenvalue weighted by Gasteiger charge is 2.46. The molecule has 1 saturated heterocycles. The molecule has 2 amide bonds. The van der Waals surface area contributed by atoms with Gasteiger partial charge in [-0.3, -0.25) is 9.59 Å². The molecule has 1 aliphatic heterocycles. The number of halogens is 1. The molecule has 122 valence electrons. The van der Waals surface area contributed by atoms with Gasteiger partial charge in [-0.15, -0.1) is 0 Å². The Bertz CT molecular complexity index is 636. The van der Waals surface area contributed by atoms with Crippen LogP contribution in [0, 0.1) is 11.8 Å². The van der Waals surface area contributed by atoms with Crippen molar-refractivity contribution in [2.24, 2.45) is 11.8 Å². The summed E-state index contributed by atoms with van der Waals surface area (Å²) in [5, 5.41) is 0. The summed E-state index contributed by atoms with van der Waals surface area (Å²) in [5.74, 6) is 1.35. The van der Waals surface area contributed by atoms with Crippen LogP contribution in [0.25, 0.3) is 0 Å². The van der Waals surface area contributed by atoms with Crippen molar-refractivity contribution in [3.63, 3.8) is 0 Å². The standard InChI is InChI=1S/C18H21BrN2O2/c19-14-3-1-2-13(10-14)15-11-16(15)18(23)21-8-6-20(7-9-21)17(22)12-4-5-12/h1-3,10,12,15-16H,4-9,11H2. The highest BCUT2D eigenvalue weighted by molar-refractivity contribution is 9.10. The molecule has 0 bridgehead atoms. The molecule has 1 aromatic rings. The van der Waals surface area contributed by atoms with Crippen molar-refractivity contribution in [2.45, 2.75) is 25.2 Å². The van der Waals surface area contributed by atoms with Crippen LogP contribution in [0.5, 0.6) is 0 Å². The van der Waals surface area contributed by atoms with Crippen LogP contribution >= 0.6 is 15.9 Å². The number of hydrogen-bond donors (Lipinski definition) is 0. The van der Waals surface area contributed by atoms with Crippen LogP contribution < -0.4 is 0 Å². The third kappa shape index (κ3) is 3.16. The number of hydrogen-bond acceptors (Lipinski definition) is 2. The summed E-state index contributed by atoms with van der Waals surface area (Å²) in [5.41, 5.74) is 1.25. The molecule has 0 N–H and O–H groups in total. The minimum absolute atomic E-state index is 0.134. The van der Waals surface area contributed by atoms with Gasteiger partial charge in [0.2, 0.25) is 11.8 Å². The van der Waals surface area contributed by atoms with E-state index in [4.69, 9.17) is 0 Å². The molecule has 2 unspecified atom stereocenters. The fourth-order valence-corrected chi connectivity index (χ4v) is 3.96. The average Bonchev–Trinajstić information content (AvgIpc) is 3.47. The second-order valence-corrected chi connectivity index (χ2v) is 7.84. The zero-order valence-electron chi connectivity index (χ0n) is 13.1. The van der Waals surface area contributed by atoms with Gasteiger partial charge in [0.15, 0.2) is 0 Å². The number of amides is 2. The van der Waals surface area contributed by atoms with Crippen molar-refractivity contribution in [1.82, 2.24) is 9.80 Å². The quantitative estimate of drug-likeness (QED) is 0.813. The van der Waals surface area contributed by atoms with Crippen LogP contribution in [-0.2, 0) is 9.59 Å². The fourth-order valence-electron chi connectivity index (χ4n) is 3.54. The molecule has 4 rings (SSSR count). The summed E-state index contributed by atoms with van der Waals surface area (Å²) in [6.07, 6.45) is 3.05. The molecule has 23 heavy (non-hydrogen) atoms. The Kier molecular flexibility index (Phi) is 3.92. The SMILES string of the molecule is O=C(C1CC1)N1CCN(C(=O)C2CC2c2cccc(Br)c2)CC1. The van der Waals surface area contributed by atoms with E-state index in [1.807, 2.05) is 21.9 Å². The molecule has 2 atom stereocenters. The maximum Gasteiger partial charge on any atom is 0.226 e. The predicted octanol–water partition coefficient (Wildman–Crippen LogP) is 2.63. The highest BCUT2D eigenvalue weighted by Crippen LogP contribution is 2.49. The monoisotopic (exact) mass is 376 g/mol. The minimum Gasteiger partial charge on any atom is -0.339 e. The van der Waals surface area contributed by atoms with Gasteiger partial charge in [-0.05, 0) is 42.9 Å². The number of carbonyl (C=O) groups is 2. The van der Waals surface area contributed by atoms with Crippen LogP contribution in [0.4, 0.5) is 0 Å². The molecule has 3 aliphatic rings. The third-order valence-corrected chi connectivity index (χ3v) is 5.71. The summed E-state index contributed by atoms with van der Waals surface area (Å²) in [4.78, 5) is 28.6. The summed E-state index contributed by atoms with van der Waals surface area (Å²) in [6, 6.07) is 8.26. The first kappa shape index (κ1) is 15.2. The number of rotatable bonds is 3. The third-order valence-electron chi connectivity index (χ3n) is 5.21. The molecule has 0 aromatic heterocycles. The molecular formula is C18H21BrN2O2. The summed E-state index contributed by atoms with van der Waals surface area (Å²) in [6.45, 7) is 2.79. The Morgan fingerprint density at radius 2 is 1.65 bits per heavy atom. The van der Waals surface area contributed by atoms with E-state index in [0.717, 1.165) is 23.7 Å². The lowest BCUT2D eigenvalue weighted by molar-refractivity contribution is -0.141. The molecule has 5 heteroatoms. The van der Waals surface area contributed by atoms with Crippen molar-refractivity contribution in [2.75, 3.05) is 26.2 Å². The number of benzene rings is 1. The van der Waals surface area contributed by atoms with Gasteiger partial charge in [0.25, 0.3) is 0 Å². The summed E-state index contributed by atoms with van der Waals surface area (Å²) >= 11 is 3.50. The van der Waals surface area contributed by atoms with Crippen LogP contribution in [-0.4, -0.2) is 47.8 Å². The Hall–Kier alpha value is -1.36. The second-order valence-electron chi connectivity index (χ2n) is 6.93. The molecule has 4 nitrogen and oxygen atoms in total. The Morgan fingerprint density at radius 3 is 2.26 bits per heavy atom. The Balaban J connectivity index is 1.32. The molecule has 1 aromatic carbocycles. The molecule has 3 fully saturated rings. The van der Waals surface area contributed by atoms with E-state index in [-0.39, 0.29) is 17.7 Å². The average molecular weight is 377 g/mol. The second kappa shape index (κ2) is 5.93. The van der Waals surface area contributed by atoms with Crippen LogP contribution in [0.2, 0.25) is 0 Å². The Labute approximate surface area is 145 Å². The van der Waals surface area contributed by atoms with Crippen LogP contribution in [0.3, 0.4) is 0 Å².